The van der Waals surface area contributed by atoms with Crippen LogP contribution in [0.25, 0.3) is 11.1 Å². The van der Waals surface area contributed by atoms with Crippen molar-refractivity contribution < 1.29 is 24.2 Å². The molecule has 5 rings (SSSR count). The van der Waals surface area contributed by atoms with Crippen molar-refractivity contribution in [3.63, 3.8) is 0 Å². The van der Waals surface area contributed by atoms with Crippen LogP contribution in [0.3, 0.4) is 0 Å². The summed E-state index contributed by atoms with van der Waals surface area (Å²) in [5.41, 5.74) is 4.98. The van der Waals surface area contributed by atoms with Crippen LogP contribution in [0, 0.1) is 24.2 Å². The molecule has 2 saturated carbocycles. The number of nitrogens with one attached hydrogen (secondary N) is 2. The number of ether oxygens (including phenoxy) is 2. The lowest BCUT2D eigenvalue weighted by molar-refractivity contribution is -0.127. The minimum Gasteiger partial charge on any atom is -0.496 e. The fourth-order valence-corrected chi connectivity index (χ4v) is 7.23. The van der Waals surface area contributed by atoms with Crippen molar-refractivity contribution in [2.75, 3.05) is 20.3 Å². The van der Waals surface area contributed by atoms with Crippen LogP contribution >= 0.6 is 0 Å². The topological polar surface area (TPSA) is 128 Å². The average Bonchev–Trinajstić information content (AvgIpc) is 3.61. The van der Waals surface area contributed by atoms with Crippen molar-refractivity contribution in [1.82, 2.24) is 25.4 Å². The van der Waals surface area contributed by atoms with Gasteiger partial charge in [0.15, 0.2) is 0 Å². The minimum absolute atomic E-state index is 0.0356. The van der Waals surface area contributed by atoms with Gasteiger partial charge in [-0.25, -0.2) is 4.79 Å². The average molecular weight is 674 g/mol. The molecule has 0 saturated heterocycles. The molecule has 1 atom stereocenters. The Bertz CT molecular complexity index is 1550. The second kappa shape index (κ2) is 16.2. The van der Waals surface area contributed by atoms with Gasteiger partial charge in [-0.1, -0.05) is 26.0 Å². The first-order valence-corrected chi connectivity index (χ1v) is 18.0. The van der Waals surface area contributed by atoms with Crippen LogP contribution in [0.1, 0.15) is 114 Å². The molecule has 0 bridgehead atoms. The first kappa shape index (κ1) is 36.4. The number of alkyl carbamates (subject to hydrolysis) is 1. The Labute approximate surface area is 291 Å². The van der Waals surface area contributed by atoms with Crippen molar-refractivity contribution in [3.05, 3.63) is 65.7 Å². The van der Waals surface area contributed by atoms with Crippen molar-refractivity contribution in [2.45, 2.75) is 110 Å². The van der Waals surface area contributed by atoms with E-state index in [0.717, 1.165) is 53.8 Å². The van der Waals surface area contributed by atoms with E-state index in [1.165, 1.54) is 5.56 Å². The van der Waals surface area contributed by atoms with E-state index in [1.54, 1.807) is 7.11 Å². The second-order valence-corrected chi connectivity index (χ2v) is 15.2. The quantitative estimate of drug-likeness (QED) is 0.184. The summed E-state index contributed by atoms with van der Waals surface area (Å²) in [5.74, 6) is 1.58. The maximum atomic E-state index is 13.9. The zero-order valence-corrected chi connectivity index (χ0v) is 30.1. The van der Waals surface area contributed by atoms with E-state index in [1.807, 2.05) is 37.0 Å². The fourth-order valence-electron chi connectivity index (χ4n) is 7.23. The third kappa shape index (κ3) is 9.41. The van der Waals surface area contributed by atoms with Gasteiger partial charge in [0.05, 0.1) is 31.6 Å². The molecule has 2 aromatic heterocycles. The molecule has 10 heteroatoms. The van der Waals surface area contributed by atoms with Gasteiger partial charge in [0, 0.05) is 41.4 Å². The molecular weight excluding hydrogens is 618 g/mol. The molecule has 49 heavy (non-hydrogen) atoms. The summed E-state index contributed by atoms with van der Waals surface area (Å²) in [4.78, 5) is 31.1. The molecule has 2 fully saturated rings. The van der Waals surface area contributed by atoms with Gasteiger partial charge in [-0.05, 0) is 119 Å². The lowest BCUT2D eigenvalue weighted by atomic mass is 9.74. The number of aryl methyl sites for hydroxylation is 1. The third-order valence-corrected chi connectivity index (χ3v) is 10.4. The van der Waals surface area contributed by atoms with E-state index in [0.29, 0.717) is 31.6 Å². The monoisotopic (exact) mass is 673 g/mol. The second-order valence-electron chi connectivity index (χ2n) is 15.2. The highest BCUT2D eigenvalue weighted by Crippen LogP contribution is 2.42. The first-order chi connectivity index (χ1) is 23.5. The van der Waals surface area contributed by atoms with Gasteiger partial charge >= 0.3 is 6.09 Å². The Morgan fingerprint density at radius 1 is 1.02 bits per heavy atom. The van der Waals surface area contributed by atoms with Crippen LogP contribution in [-0.2, 0) is 9.53 Å². The first-order valence-electron chi connectivity index (χ1n) is 18.0. The molecule has 0 spiro atoms. The number of aromatic nitrogens is 3. The number of carbonyl (C=O) groups is 2. The summed E-state index contributed by atoms with van der Waals surface area (Å²) in [7, 11) is 1.71. The summed E-state index contributed by atoms with van der Waals surface area (Å²) >= 11 is 0. The number of methoxy groups -OCH3 is 1. The Balaban J connectivity index is 1.27. The van der Waals surface area contributed by atoms with Gasteiger partial charge < -0.3 is 25.2 Å². The van der Waals surface area contributed by atoms with Gasteiger partial charge in [0.1, 0.15) is 12.4 Å². The van der Waals surface area contributed by atoms with E-state index >= 15 is 0 Å². The molecule has 2 amide bonds. The standard InChI is InChI=1S/C39H55N5O5/c1-25(2)44-22-32(21-41-44)31-17-18-40-34(20-31)36(28-9-7-27(8-10-28)30-13-16-35(48-6)26(3)19-30)43-37(46)29-11-14-33(15-12-29)42-38(47)49-24-39(4,5)23-45/h13,16-22,25,27-29,33,36,45H,7-12,14-15,23-24H2,1-6H3,(H,42,47)(H,43,46). The molecule has 0 radical (unpaired) electrons. The molecule has 10 nitrogen and oxygen atoms in total. The number of benzene rings is 1. The van der Waals surface area contributed by atoms with Gasteiger partial charge in [0.25, 0.3) is 0 Å². The Morgan fingerprint density at radius 2 is 1.76 bits per heavy atom. The Morgan fingerprint density at radius 3 is 2.39 bits per heavy atom. The maximum Gasteiger partial charge on any atom is 0.407 e. The van der Waals surface area contributed by atoms with Gasteiger partial charge in [0.2, 0.25) is 5.91 Å². The number of rotatable bonds is 12. The van der Waals surface area contributed by atoms with E-state index in [-0.39, 0.29) is 49.1 Å². The lowest BCUT2D eigenvalue weighted by Gasteiger charge is -2.36. The molecular formula is C39H55N5O5. The van der Waals surface area contributed by atoms with Crippen LogP contribution in [0.4, 0.5) is 4.79 Å². The molecule has 3 aromatic rings. The normalized spacial score (nSPS) is 22.0. The maximum absolute atomic E-state index is 13.9. The largest absolute Gasteiger partial charge is 0.496 e. The minimum atomic E-state index is -0.484. The number of amides is 2. The molecule has 266 valence electrons. The zero-order chi connectivity index (χ0) is 35.1. The SMILES string of the molecule is COc1ccc(C2CCC(C(NC(=O)C3CCC(NC(=O)OCC(C)(C)CO)CC3)c3cc(-c4cnn(C(C)C)c4)ccn3)CC2)cc1C. The number of nitrogens with zero attached hydrogens (tertiary/aromatic N) is 3. The van der Waals surface area contributed by atoms with Gasteiger partial charge in [-0.3, -0.25) is 14.5 Å². The number of carbonyl (C=O) groups excluding carboxylic acids is 2. The van der Waals surface area contributed by atoms with Gasteiger partial charge in [-0.15, -0.1) is 0 Å². The summed E-state index contributed by atoms with van der Waals surface area (Å²) in [6.07, 6.45) is 12.2. The smallest absolute Gasteiger partial charge is 0.407 e. The Hall–Kier alpha value is -3.92. The number of aliphatic hydroxyl groups excluding tert-OH is 1. The fraction of sp³-hybridized carbons (Fsp3) is 0.590. The summed E-state index contributed by atoms with van der Waals surface area (Å²) in [6.45, 7) is 10.1. The van der Waals surface area contributed by atoms with E-state index in [9.17, 15) is 14.7 Å². The number of aliphatic hydroxyl groups is 1. The molecule has 2 aliphatic carbocycles. The molecule has 1 aromatic carbocycles. The van der Waals surface area contributed by atoms with Crippen LogP contribution in [-0.4, -0.2) is 58.2 Å². The molecule has 0 aliphatic heterocycles. The highest BCUT2D eigenvalue weighted by molar-refractivity contribution is 5.79. The highest BCUT2D eigenvalue weighted by Gasteiger charge is 2.34. The van der Waals surface area contributed by atoms with Crippen molar-refractivity contribution in [1.29, 1.82) is 0 Å². The highest BCUT2D eigenvalue weighted by atomic mass is 16.5. The van der Waals surface area contributed by atoms with E-state index in [4.69, 9.17) is 14.5 Å². The Kier molecular flexibility index (Phi) is 12.0. The van der Waals surface area contributed by atoms with Crippen LogP contribution in [0.2, 0.25) is 0 Å². The summed E-state index contributed by atoms with van der Waals surface area (Å²) in [6, 6.07) is 10.7. The molecule has 2 aliphatic rings. The predicted molar refractivity (Wildman–Crippen MR) is 190 cm³/mol. The van der Waals surface area contributed by atoms with E-state index in [2.05, 4.69) is 67.0 Å². The summed E-state index contributed by atoms with van der Waals surface area (Å²) < 4.78 is 12.8. The number of hydrogen-bond acceptors (Lipinski definition) is 7. The lowest BCUT2D eigenvalue weighted by Crippen LogP contribution is -2.43. The number of pyridine rings is 1. The van der Waals surface area contributed by atoms with Gasteiger partial charge in [-0.2, -0.15) is 5.10 Å². The van der Waals surface area contributed by atoms with Crippen LogP contribution < -0.4 is 15.4 Å². The van der Waals surface area contributed by atoms with Crippen LogP contribution in [0.5, 0.6) is 5.75 Å². The summed E-state index contributed by atoms with van der Waals surface area (Å²) in [5, 5.41) is 20.4. The molecule has 3 N–H and O–H groups in total. The zero-order valence-electron chi connectivity index (χ0n) is 30.1. The number of hydrogen-bond donors (Lipinski definition) is 3. The van der Waals surface area contributed by atoms with Crippen molar-refractivity contribution >= 4 is 12.0 Å². The van der Waals surface area contributed by atoms with E-state index < -0.39 is 11.5 Å². The predicted octanol–water partition coefficient (Wildman–Crippen LogP) is 7.28. The molecule has 1 unspecified atom stereocenters. The van der Waals surface area contributed by atoms with Crippen molar-refractivity contribution in [2.24, 2.45) is 17.3 Å². The van der Waals surface area contributed by atoms with Crippen molar-refractivity contribution in [3.8, 4) is 16.9 Å². The molecule has 2 heterocycles. The van der Waals surface area contributed by atoms with Crippen LogP contribution in [0.15, 0.2) is 48.9 Å². The third-order valence-electron chi connectivity index (χ3n) is 10.4.